The van der Waals surface area contributed by atoms with Gasteiger partial charge in [0.05, 0.1) is 0 Å². The van der Waals surface area contributed by atoms with E-state index in [4.69, 9.17) is 5.11 Å². The fraction of sp³-hybridized carbons (Fsp3) is 0.200. The Morgan fingerprint density at radius 1 is 1.25 bits per heavy atom. The van der Waals surface area contributed by atoms with Gasteiger partial charge >= 0.3 is 6.18 Å². The van der Waals surface area contributed by atoms with Crippen molar-refractivity contribution < 1.29 is 22.7 Å². The third-order valence-electron chi connectivity index (χ3n) is 2.29. The number of benzene rings is 1. The molecule has 0 bridgehead atoms. The van der Waals surface area contributed by atoms with Gasteiger partial charge in [-0.25, -0.2) is 4.39 Å². The normalized spacial score (nSPS) is 14.3. The Balaban J connectivity index is 2.62. The molecule has 0 aliphatic heterocycles. The number of aromatic amines is 1. The summed E-state index contributed by atoms with van der Waals surface area (Å²) >= 11 is 0. The van der Waals surface area contributed by atoms with Crippen molar-refractivity contribution in [2.45, 2.75) is 12.3 Å². The first-order chi connectivity index (χ1) is 7.41. The van der Waals surface area contributed by atoms with Gasteiger partial charge in [-0.3, -0.25) is 0 Å². The van der Waals surface area contributed by atoms with Gasteiger partial charge < -0.3 is 10.1 Å². The maximum absolute atomic E-state index is 13.3. The standard InChI is InChI=1S/C10H7F4NO/c11-6-2-1-3-7-8(6)5(4-15-7)9(16)10(12,13)14/h1-4,9,15-16H/t9-/m0/s1. The van der Waals surface area contributed by atoms with E-state index in [-0.39, 0.29) is 10.9 Å². The van der Waals surface area contributed by atoms with Gasteiger partial charge in [-0.15, -0.1) is 0 Å². The highest BCUT2D eigenvalue weighted by atomic mass is 19.4. The molecule has 2 aromatic rings. The van der Waals surface area contributed by atoms with E-state index in [1.807, 2.05) is 0 Å². The van der Waals surface area contributed by atoms with E-state index in [0.29, 0.717) is 0 Å². The molecule has 0 fully saturated rings. The number of hydrogen-bond donors (Lipinski definition) is 2. The average Bonchev–Trinajstić information content (AvgIpc) is 2.60. The molecule has 6 heteroatoms. The largest absolute Gasteiger partial charge is 0.418 e. The molecule has 2 rings (SSSR count). The molecule has 0 saturated carbocycles. The first kappa shape index (κ1) is 10.9. The number of H-pyrrole nitrogens is 1. The van der Waals surface area contributed by atoms with Crippen molar-refractivity contribution in [3.8, 4) is 0 Å². The Kier molecular flexibility index (Phi) is 2.38. The second-order valence-corrected chi connectivity index (χ2v) is 3.35. The number of halogens is 4. The summed E-state index contributed by atoms with van der Waals surface area (Å²) in [6.07, 6.45) is -6.53. The van der Waals surface area contributed by atoms with Gasteiger partial charge in [-0.1, -0.05) is 6.07 Å². The van der Waals surface area contributed by atoms with Crippen molar-refractivity contribution in [2.24, 2.45) is 0 Å². The molecule has 2 N–H and O–H groups in total. The number of rotatable bonds is 1. The molecule has 1 aromatic carbocycles. The van der Waals surface area contributed by atoms with Crippen LogP contribution in [0.5, 0.6) is 0 Å². The monoisotopic (exact) mass is 233 g/mol. The van der Waals surface area contributed by atoms with Crippen LogP contribution in [-0.2, 0) is 0 Å². The molecule has 1 heterocycles. The Bertz CT molecular complexity index is 517. The van der Waals surface area contributed by atoms with E-state index < -0.39 is 23.7 Å². The number of fused-ring (bicyclic) bond motifs is 1. The first-order valence-electron chi connectivity index (χ1n) is 4.41. The van der Waals surface area contributed by atoms with Crippen LogP contribution >= 0.6 is 0 Å². The second-order valence-electron chi connectivity index (χ2n) is 3.35. The summed E-state index contributed by atoms with van der Waals surface area (Å²) in [5.74, 6) is -0.794. The van der Waals surface area contributed by atoms with E-state index in [1.54, 1.807) is 0 Å². The molecule has 16 heavy (non-hydrogen) atoms. The van der Waals surface area contributed by atoms with Crippen molar-refractivity contribution in [1.29, 1.82) is 0 Å². The molecular weight excluding hydrogens is 226 g/mol. The number of hydrogen-bond acceptors (Lipinski definition) is 1. The number of aromatic nitrogens is 1. The molecule has 0 radical (unpaired) electrons. The second kappa shape index (κ2) is 3.48. The lowest BCUT2D eigenvalue weighted by Crippen LogP contribution is -2.20. The van der Waals surface area contributed by atoms with Crippen molar-refractivity contribution in [3.05, 3.63) is 35.8 Å². The van der Waals surface area contributed by atoms with Crippen LogP contribution in [0.2, 0.25) is 0 Å². The zero-order valence-electron chi connectivity index (χ0n) is 7.85. The van der Waals surface area contributed by atoms with Crippen molar-refractivity contribution >= 4 is 10.9 Å². The SMILES string of the molecule is O[C@@H](c1c[nH]c2cccc(F)c12)C(F)(F)F. The Morgan fingerprint density at radius 2 is 1.94 bits per heavy atom. The van der Waals surface area contributed by atoms with Crippen LogP contribution in [0, 0.1) is 5.82 Å². The van der Waals surface area contributed by atoms with Crippen LogP contribution in [0.3, 0.4) is 0 Å². The van der Waals surface area contributed by atoms with E-state index >= 15 is 0 Å². The Morgan fingerprint density at radius 3 is 2.56 bits per heavy atom. The maximum atomic E-state index is 13.3. The minimum absolute atomic E-state index is 0.221. The molecule has 2 nitrogen and oxygen atoms in total. The highest BCUT2D eigenvalue weighted by molar-refractivity contribution is 5.84. The first-order valence-corrected chi connectivity index (χ1v) is 4.41. The number of nitrogens with one attached hydrogen (secondary N) is 1. The number of aliphatic hydroxyl groups is 1. The summed E-state index contributed by atoms with van der Waals surface area (Å²) in [7, 11) is 0. The van der Waals surface area contributed by atoms with Gasteiger partial charge in [-0.05, 0) is 12.1 Å². The third kappa shape index (κ3) is 1.65. The lowest BCUT2D eigenvalue weighted by molar-refractivity contribution is -0.206. The van der Waals surface area contributed by atoms with Crippen LogP contribution in [0.4, 0.5) is 17.6 Å². The highest BCUT2D eigenvalue weighted by Gasteiger charge is 2.41. The number of aliphatic hydroxyl groups excluding tert-OH is 1. The van der Waals surface area contributed by atoms with Crippen LogP contribution in [0.1, 0.15) is 11.7 Å². The van der Waals surface area contributed by atoms with Crippen molar-refractivity contribution in [3.63, 3.8) is 0 Å². The predicted molar refractivity (Wildman–Crippen MR) is 49.3 cm³/mol. The molecule has 0 aliphatic rings. The molecule has 0 spiro atoms. The van der Waals surface area contributed by atoms with Gasteiger partial charge in [0, 0.05) is 22.7 Å². The van der Waals surface area contributed by atoms with E-state index in [0.717, 1.165) is 12.3 Å². The predicted octanol–water partition coefficient (Wildman–Crippen LogP) is 2.90. The minimum atomic E-state index is -4.81. The topological polar surface area (TPSA) is 36.0 Å². The molecule has 0 saturated heterocycles. The van der Waals surface area contributed by atoms with E-state index in [9.17, 15) is 17.6 Å². The van der Waals surface area contributed by atoms with Crippen LogP contribution in [-0.4, -0.2) is 16.3 Å². The zero-order valence-corrected chi connectivity index (χ0v) is 7.85. The van der Waals surface area contributed by atoms with Gasteiger partial charge in [0.25, 0.3) is 0 Å². The summed E-state index contributed by atoms with van der Waals surface area (Å²) in [5, 5.41) is 8.83. The molecule has 1 atom stereocenters. The molecular formula is C10H7F4NO. The summed E-state index contributed by atoms with van der Waals surface area (Å²) < 4.78 is 50.2. The highest BCUT2D eigenvalue weighted by Crippen LogP contribution is 2.36. The summed E-state index contributed by atoms with van der Waals surface area (Å²) in [4.78, 5) is 2.48. The van der Waals surface area contributed by atoms with Gasteiger partial charge in [0.15, 0.2) is 6.10 Å². The van der Waals surface area contributed by atoms with Gasteiger partial charge in [0.1, 0.15) is 5.82 Å². The van der Waals surface area contributed by atoms with Gasteiger partial charge in [0.2, 0.25) is 0 Å². The maximum Gasteiger partial charge on any atom is 0.418 e. The van der Waals surface area contributed by atoms with Crippen LogP contribution < -0.4 is 0 Å². The summed E-state index contributed by atoms with van der Waals surface area (Å²) in [6, 6.07) is 3.85. The molecule has 1 aromatic heterocycles. The Hall–Kier alpha value is -1.56. The fourth-order valence-corrected chi connectivity index (χ4v) is 1.56. The van der Waals surface area contributed by atoms with E-state index in [1.165, 1.54) is 12.1 Å². The van der Waals surface area contributed by atoms with Crippen LogP contribution in [0.25, 0.3) is 10.9 Å². The molecule has 0 aliphatic carbocycles. The fourth-order valence-electron chi connectivity index (χ4n) is 1.56. The van der Waals surface area contributed by atoms with Gasteiger partial charge in [-0.2, -0.15) is 13.2 Å². The van der Waals surface area contributed by atoms with Crippen molar-refractivity contribution in [2.75, 3.05) is 0 Å². The molecule has 0 unspecified atom stereocenters. The summed E-state index contributed by atoms with van der Waals surface area (Å²) in [6.45, 7) is 0. The quantitative estimate of drug-likeness (QED) is 0.730. The van der Waals surface area contributed by atoms with E-state index in [2.05, 4.69) is 4.98 Å². The molecule has 0 amide bonds. The lowest BCUT2D eigenvalue weighted by Gasteiger charge is -2.13. The average molecular weight is 233 g/mol. The van der Waals surface area contributed by atoms with Crippen molar-refractivity contribution in [1.82, 2.24) is 4.98 Å². The minimum Gasteiger partial charge on any atom is -0.379 e. The Labute approximate surface area is 87.5 Å². The van der Waals surface area contributed by atoms with Crippen LogP contribution in [0.15, 0.2) is 24.4 Å². The smallest absolute Gasteiger partial charge is 0.379 e. The third-order valence-corrected chi connectivity index (χ3v) is 2.29. The zero-order chi connectivity index (χ0) is 11.9. The lowest BCUT2D eigenvalue weighted by atomic mass is 10.1. The molecule has 86 valence electrons. The summed E-state index contributed by atoms with van der Waals surface area (Å²) in [5.41, 5.74) is -0.279. The number of alkyl halides is 3.